The lowest BCUT2D eigenvalue weighted by Crippen LogP contribution is -2.52. The maximum Gasteiger partial charge on any atom is 0.264 e. The molecule has 1 N–H and O–H groups in total. The van der Waals surface area contributed by atoms with Gasteiger partial charge in [-0.15, -0.1) is 0 Å². The van der Waals surface area contributed by atoms with Crippen molar-refractivity contribution in [3.63, 3.8) is 0 Å². The van der Waals surface area contributed by atoms with Crippen LogP contribution in [0.5, 0.6) is 0 Å². The second kappa shape index (κ2) is 13.5. The van der Waals surface area contributed by atoms with Gasteiger partial charge in [-0.05, 0) is 90.9 Å². The van der Waals surface area contributed by atoms with Crippen molar-refractivity contribution in [1.82, 2.24) is 10.2 Å². The molecule has 1 atom stereocenters. The number of anilines is 1. The highest BCUT2D eigenvalue weighted by Crippen LogP contribution is 2.29. The fraction of sp³-hybridized carbons (Fsp3) is 0.310. The molecule has 11 heteroatoms. The molecule has 1 aliphatic carbocycles. The van der Waals surface area contributed by atoms with Gasteiger partial charge in [-0.3, -0.25) is 13.9 Å². The molecule has 0 bridgehead atoms. The molecule has 0 radical (unpaired) electrons. The van der Waals surface area contributed by atoms with Crippen molar-refractivity contribution in [3.05, 3.63) is 92.0 Å². The van der Waals surface area contributed by atoms with E-state index in [2.05, 4.69) is 27.9 Å². The third-order valence-electron chi connectivity index (χ3n) is 6.98. The first-order valence-electron chi connectivity index (χ1n) is 12.9. The number of amides is 2. The average molecular weight is 714 g/mol. The molecule has 40 heavy (non-hydrogen) atoms. The van der Waals surface area contributed by atoms with Gasteiger partial charge < -0.3 is 10.2 Å². The molecule has 0 aromatic heterocycles. The minimum Gasteiger partial charge on any atom is -0.352 e. The van der Waals surface area contributed by atoms with E-state index in [9.17, 15) is 18.0 Å². The van der Waals surface area contributed by atoms with Gasteiger partial charge in [-0.2, -0.15) is 0 Å². The summed E-state index contributed by atoms with van der Waals surface area (Å²) in [6.45, 7) is 1.04. The molecule has 7 nitrogen and oxygen atoms in total. The molecule has 1 saturated carbocycles. The highest BCUT2D eigenvalue weighted by Gasteiger charge is 2.34. The number of benzene rings is 3. The predicted octanol–water partition coefficient (Wildman–Crippen LogP) is 6.27. The quantitative estimate of drug-likeness (QED) is 0.251. The van der Waals surface area contributed by atoms with Crippen molar-refractivity contribution in [2.24, 2.45) is 0 Å². The van der Waals surface area contributed by atoms with Gasteiger partial charge in [0.15, 0.2) is 0 Å². The van der Waals surface area contributed by atoms with Crippen LogP contribution < -0.4 is 9.62 Å². The Morgan fingerprint density at radius 1 is 0.950 bits per heavy atom. The van der Waals surface area contributed by atoms with Crippen LogP contribution in [0.25, 0.3) is 0 Å². The Labute approximate surface area is 259 Å². The maximum absolute atomic E-state index is 14.0. The molecular formula is C29H30Cl2IN3O4S. The van der Waals surface area contributed by atoms with Gasteiger partial charge in [0, 0.05) is 31.8 Å². The van der Waals surface area contributed by atoms with E-state index in [1.165, 1.54) is 17.0 Å². The van der Waals surface area contributed by atoms with Crippen molar-refractivity contribution >= 4 is 73.3 Å². The van der Waals surface area contributed by atoms with Gasteiger partial charge in [0.05, 0.1) is 10.6 Å². The Bertz CT molecular complexity index is 1430. The standard InChI is InChI=1S/C29H30Cl2IN3O4S/c1-20(29(37)33-22-8-5-6-9-22)34(18-25-26(30)12-7-13-27(25)31)28(36)19-35(23-16-14-21(32)15-17-23)40(38,39)24-10-3-2-4-11-24/h2-4,7,10-17,20,22H,5-6,8-9,18-19H2,1H3,(H,33,37). The first kappa shape index (κ1) is 30.6. The summed E-state index contributed by atoms with van der Waals surface area (Å²) >= 11 is 15.0. The number of nitrogens with zero attached hydrogens (tertiary/aromatic N) is 2. The number of carbonyl (C=O) groups is 2. The Morgan fingerprint density at radius 3 is 2.15 bits per heavy atom. The van der Waals surface area contributed by atoms with Crippen LogP contribution in [-0.4, -0.2) is 43.8 Å². The predicted molar refractivity (Wildman–Crippen MR) is 167 cm³/mol. The first-order chi connectivity index (χ1) is 19.1. The molecule has 3 aromatic rings. The van der Waals surface area contributed by atoms with Crippen molar-refractivity contribution in [2.45, 2.75) is 56.1 Å². The first-order valence-corrected chi connectivity index (χ1v) is 16.2. The molecule has 212 valence electrons. The van der Waals surface area contributed by atoms with Gasteiger partial charge in [-0.25, -0.2) is 8.42 Å². The van der Waals surface area contributed by atoms with E-state index in [0.29, 0.717) is 21.3 Å². The van der Waals surface area contributed by atoms with Crippen LogP contribution in [0.1, 0.15) is 38.2 Å². The zero-order valence-corrected chi connectivity index (χ0v) is 26.4. The zero-order valence-electron chi connectivity index (χ0n) is 21.9. The van der Waals surface area contributed by atoms with E-state index in [-0.39, 0.29) is 23.4 Å². The van der Waals surface area contributed by atoms with Crippen LogP contribution >= 0.6 is 45.8 Å². The Balaban J connectivity index is 1.70. The summed E-state index contributed by atoms with van der Waals surface area (Å²) < 4.78 is 29.6. The van der Waals surface area contributed by atoms with Gasteiger partial charge in [-0.1, -0.05) is 60.3 Å². The second-order valence-corrected chi connectivity index (χ2v) is 13.6. The summed E-state index contributed by atoms with van der Waals surface area (Å²) in [5, 5.41) is 3.74. The van der Waals surface area contributed by atoms with E-state index in [1.54, 1.807) is 67.6 Å². The van der Waals surface area contributed by atoms with Crippen molar-refractivity contribution in [3.8, 4) is 0 Å². The monoisotopic (exact) mass is 713 g/mol. The number of carbonyl (C=O) groups excluding carboxylic acids is 2. The van der Waals surface area contributed by atoms with Gasteiger partial charge in [0.2, 0.25) is 11.8 Å². The van der Waals surface area contributed by atoms with E-state index in [1.807, 2.05) is 0 Å². The minimum atomic E-state index is -4.12. The van der Waals surface area contributed by atoms with E-state index in [0.717, 1.165) is 33.6 Å². The molecule has 0 spiro atoms. The topological polar surface area (TPSA) is 86.8 Å². The lowest BCUT2D eigenvalue weighted by Gasteiger charge is -2.33. The summed E-state index contributed by atoms with van der Waals surface area (Å²) in [5.41, 5.74) is 0.808. The molecule has 4 rings (SSSR count). The van der Waals surface area contributed by atoms with E-state index in [4.69, 9.17) is 23.2 Å². The molecule has 0 aliphatic heterocycles. The number of sulfonamides is 1. The van der Waals surface area contributed by atoms with Crippen LogP contribution in [0, 0.1) is 3.57 Å². The number of rotatable bonds is 10. The largest absolute Gasteiger partial charge is 0.352 e. The van der Waals surface area contributed by atoms with E-state index < -0.39 is 28.5 Å². The lowest BCUT2D eigenvalue weighted by atomic mass is 10.1. The van der Waals surface area contributed by atoms with Crippen LogP contribution in [0.15, 0.2) is 77.7 Å². The summed E-state index contributed by atoms with van der Waals surface area (Å²) in [5.74, 6) is -0.877. The smallest absolute Gasteiger partial charge is 0.264 e. The summed E-state index contributed by atoms with van der Waals surface area (Å²) in [6, 6.07) is 19.0. The van der Waals surface area contributed by atoms with Crippen LogP contribution in [-0.2, 0) is 26.2 Å². The van der Waals surface area contributed by atoms with E-state index >= 15 is 0 Å². The third kappa shape index (κ3) is 7.29. The Kier molecular flexibility index (Phi) is 10.4. The fourth-order valence-electron chi connectivity index (χ4n) is 4.68. The third-order valence-corrected chi connectivity index (χ3v) is 10.2. The molecule has 1 aliphatic rings. The molecule has 3 aromatic carbocycles. The van der Waals surface area contributed by atoms with Crippen LogP contribution in [0.2, 0.25) is 10.0 Å². The average Bonchev–Trinajstić information content (AvgIpc) is 3.45. The SMILES string of the molecule is CC(C(=O)NC1CCCC1)N(Cc1c(Cl)cccc1Cl)C(=O)CN(c1ccc(I)cc1)S(=O)(=O)c1ccccc1. The van der Waals surface area contributed by atoms with Crippen molar-refractivity contribution in [2.75, 3.05) is 10.8 Å². The fourth-order valence-corrected chi connectivity index (χ4v) is 7.00. The van der Waals surface area contributed by atoms with Crippen molar-refractivity contribution < 1.29 is 18.0 Å². The van der Waals surface area contributed by atoms with Crippen LogP contribution in [0.3, 0.4) is 0 Å². The summed E-state index contributed by atoms with van der Waals surface area (Å²) in [7, 11) is -4.12. The van der Waals surface area contributed by atoms with Crippen LogP contribution in [0.4, 0.5) is 5.69 Å². The molecule has 1 unspecified atom stereocenters. The van der Waals surface area contributed by atoms with Gasteiger partial charge in [0.1, 0.15) is 12.6 Å². The minimum absolute atomic E-state index is 0.0501. The van der Waals surface area contributed by atoms with Gasteiger partial charge >= 0.3 is 0 Å². The number of halogens is 3. The highest BCUT2D eigenvalue weighted by atomic mass is 127. The maximum atomic E-state index is 14.0. The number of hydrogen-bond donors (Lipinski definition) is 1. The van der Waals surface area contributed by atoms with Gasteiger partial charge in [0.25, 0.3) is 10.0 Å². The number of nitrogens with one attached hydrogen (secondary N) is 1. The Hall–Kier alpha value is -2.34. The molecule has 0 saturated heterocycles. The normalized spacial score (nSPS) is 14.5. The zero-order chi connectivity index (χ0) is 28.9. The molecule has 0 heterocycles. The summed E-state index contributed by atoms with van der Waals surface area (Å²) in [4.78, 5) is 28.7. The second-order valence-electron chi connectivity index (χ2n) is 9.69. The number of hydrogen-bond acceptors (Lipinski definition) is 4. The molecule has 1 fully saturated rings. The lowest BCUT2D eigenvalue weighted by molar-refractivity contribution is -0.139. The molecule has 2 amide bonds. The van der Waals surface area contributed by atoms with Crippen molar-refractivity contribution in [1.29, 1.82) is 0 Å². The highest BCUT2D eigenvalue weighted by molar-refractivity contribution is 14.1. The molecular weight excluding hydrogens is 684 g/mol. The summed E-state index contributed by atoms with van der Waals surface area (Å²) in [6.07, 6.45) is 3.86. The Morgan fingerprint density at radius 2 is 1.55 bits per heavy atom.